The van der Waals surface area contributed by atoms with Gasteiger partial charge in [-0.15, -0.1) is 0 Å². The lowest BCUT2D eigenvalue weighted by molar-refractivity contribution is -0.179. The molecule has 0 aromatic rings. The molecule has 2 aliphatic rings. The summed E-state index contributed by atoms with van der Waals surface area (Å²) in [7, 11) is 0. The van der Waals surface area contributed by atoms with Crippen molar-refractivity contribution in [1.29, 1.82) is 0 Å². The second-order valence-corrected chi connectivity index (χ2v) is 6.94. The van der Waals surface area contributed by atoms with Crippen molar-refractivity contribution in [2.24, 2.45) is 0 Å². The maximum Gasteiger partial charge on any atom is 0.0934 e. The number of hydrogen-bond donors (Lipinski definition) is 4. The summed E-state index contributed by atoms with van der Waals surface area (Å²) in [5.74, 6) is 0. The minimum Gasteiger partial charge on any atom is -0.393 e. The molecule has 2 saturated carbocycles. The first kappa shape index (κ1) is 16.2. The first-order valence-corrected chi connectivity index (χ1v) is 8.26. The third-order valence-electron chi connectivity index (χ3n) is 5.40. The second-order valence-electron chi connectivity index (χ2n) is 6.94. The minimum atomic E-state index is -1.11. The molecule has 4 unspecified atom stereocenters. The van der Waals surface area contributed by atoms with E-state index in [1.165, 1.54) is 0 Å². The van der Waals surface area contributed by atoms with E-state index in [-0.39, 0.29) is 12.2 Å². The smallest absolute Gasteiger partial charge is 0.0934 e. The summed E-state index contributed by atoms with van der Waals surface area (Å²) >= 11 is 0. The van der Waals surface area contributed by atoms with E-state index in [2.05, 4.69) is 0 Å². The van der Waals surface area contributed by atoms with Gasteiger partial charge in [0.1, 0.15) is 0 Å². The quantitative estimate of drug-likeness (QED) is 0.593. The van der Waals surface area contributed by atoms with E-state index < -0.39 is 11.2 Å². The van der Waals surface area contributed by atoms with Crippen molar-refractivity contribution in [3.63, 3.8) is 0 Å². The molecule has 0 amide bonds. The van der Waals surface area contributed by atoms with E-state index in [1.807, 2.05) is 0 Å². The molecule has 2 fully saturated rings. The predicted molar refractivity (Wildman–Crippen MR) is 77.3 cm³/mol. The van der Waals surface area contributed by atoms with Gasteiger partial charge in [-0.25, -0.2) is 0 Å². The fourth-order valence-electron chi connectivity index (χ4n) is 3.87. The number of hydrogen-bond acceptors (Lipinski definition) is 4. The van der Waals surface area contributed by atoms with Crippen LogP contribution >= 0.6 is 0 Å². The van der Waals surface area contributed by atoms with Crippen molar-refractivity contribution >= 4 is 0 Å². The minimum absolute atomic E-state index is 0.357. The Balaban J connectivity index is 2.10. The molecule has 0 aliphatic heterocycles. The van der Waals surface area contributed by atoms with Crippen molar-refractivity contribution < 1.29 is 20.4 Å². The normalized spacial score (nSPS) is 45.0. The second kappa shape index (κ2) is 6.73. The largest absolute Gasteiger partial charge is 0.393 e. The van der Waals surface area contributed by atoms with Crippen LogP contribution in [0.4, 0.5) is 0 Å². The van der Waals surface area contributed by atoms with E-state index in [0.717, 1.165) is 38.5 Å². The van der Waals surface area contributed by atoms with Crippen LogP contribution in [0.15, 0.2) is 0 Å². The zero-order valence-corrected chi connectivity index (χ0v) is 12.4. The summed E-state index contributed by atoms with van der Waals surface area (Å²) < 4.78 is 0. The van der Waals surface area contributed by atoms with Crippen molar-refractivity contribution in [3.05, 3.63) is 0 Å². The van der Waals surface area contributed by atoms with Gasteiger partial charge in [-0.2, -0.15) is 0 Å². The van der Waals surface area contributed by atoms with Crippen LogP contribution in [0.25, 0.3) is 0 Å². The Morgan fingerprint density at radius 3 is 1.35 bits per heavy atom. The Hall–Kier alpha value is -0.160. The van der Waals surface area contributed by atoms with Gasteiger partial charge in [0.2, 0.25) is 0 Å². The van der Waals surface area contributed by atoms with E-state index in [4.69, 9.17) is 0 Å². The average Bonchev–Trinajstić information content (AvgIpc) is 2.40. The van der Waals surface area contributed by atoms with Crippen LogP contribution in [0, 0.1) is 0 Å². The van der Waals surface area contributed by atoms with Gasteiger partial charge in [0.15, 0.2) is 0 Å². The molecule has 0 saturated heterocycles. The highest BCUT2D eigenvalue weighted by Gasteiger charge is 2.48. The molecule has 4 atom stereocenters. The van der Waals surface area contributed by atoms with Gasteiger partial charge in [0.25, 0.3) is 0 Å². The predicted octanol–water partition coefficient (Wildman–Crippen LogP) is 1.88. The van der Waals surface area contributed by atoms with Gasteiger partial charge in [0, 0.05) is 0 Å². The molecule has 118 valence electrons. The number of rotatable bonds is 1. The van der Waals surface area contributed by atoms with E-state index in [9.17, 15) is 20.4 Å². The Labute approximate surface area is 121 Å². The first-order chi connectivity index (χ1) is 9.45. The van der Waals surface area contributed by atoms with Gasteiger partial charge in [0.05, 0.1) is 23.4 Å². The van der Waals surface area contributed by atoms with Crippen LogP contribution in [-0.2, 0) is 0 Å². The van der Waals surface area contributed by atoms with Gasteiger partial charge >= 0.3 is 0 Å². The lowest BCUT2D eigenvalue weighted by Crippen LogP contribution is -2.55. The summed E-state index contributed by atoms with van der Waals surface area (Å²) in [5.41, 5.74) is -2.21. The lowest BCUT2D eigenvalue weighted by atomic mass is 9.68. The van der Waals surface area contributed by atoms with Crippen molar-refractivity contribution in [1.82, 2.24) is 0 Å². The van der Waals surface area contributed by atoms with Crippen molar-refractivity contribution in [2.45, 2.75) is 100 Å². The maximum absolute atomic E-state index is 11.0. The highest BCUT2D eigenvalue weighted by Crippen LogP contribution is 2.42. The van der Waals surface area contributed by atoms with Crippen LogP contribution in [0.3, 0.4) is 0 Å². The molecule has 2 rings (SSSR count). The fourth-order valence-corrected chi connectivity index (χ4v) is 3.87. The summed E-state index contributed by atoms with van der Waals surface area (Å²) in [4.78, 5) is 0. The SMILES string of the molecule is OC1CCCCC(O)(C2(O)CCCCC(O)CC2)CC1. The maximum atomic E-state index is 11.0. The van der Waals surface area contributed by atoms with Crippen LogP contribution in [0.1, 0.15) is 77.0 Å². The standard InChI is InChI=1S/C16H30O4/c17-13-5-1-3-9-15(19,11-7-13)16(20)10-4-2-6-14(18)8-12-16/h13-14,17-20H,1-12H2. The molecular weight excluding hydrogens is 256 g/mol. The summed E-state index contributed by atoms with van der Waals surface area (Å²) in [6.45, 7) is 0. The lowest BCUT2D eigenvalue weighted by Gasteiger charge is -2.46. The molecule has 0 aromatic heterocycles. The molecule has 0 aromatic carbocycles. The van der Waals surface area contributed by atoms with Crippen LogP contribution in [0.2, 0.25) is 0 Å². The Bertz CT molecular complexity index is 279. The van der Waals surface area contributed by atoms with E-state index in [0.29, 0.717) is 38.5 Å². The van der Waals surface area contributed by atoms with Gasteiger partial charge in [-0.05, 0) is 51.4 Å². The van der Waals surface area contributed by atoms with Gasteiger partial charge < -0.3 is 20.4 Å². The molecule has 0 radical (unpaired) electrons. The van der Waals surface area contributed by atoms with Crippen LogP contribution in [0.5, 0.6) is 0 Å². The fraction of sp³-hybridized carbons (Fsp3) is 1.00. The van der Waals surface area contributed by atoms with Gasteiger partial charge in [-0.1, -0.05) is 25.7 Å². The molecule has 0 bridgehead atoms. The molecule has 0 spiro atoms. The summed E-state index contributed by atoms with van der Waals surface area (Å²) in [5, 5.41) is 41.8. The van der Waals surface area contributed by atoms with E-state index >= 15 is 0 Å². The molecule has 4 nitrogen and oxygen atoms in total. The van der Waals surface area contributed by atoms with Gasteiger partial charge in [-0.3, -0.25) is 0 Å². The Kier molecular flexibility index (Phi) is 5.46. The highest BCUT2D eigenvalue weighted by molar-refractivity contribution is 5.01. The zero-order valence-electron chi connectivity index (χ0n) is 12.4. The van der Waals surface area contributed by atoms with Crippen molar-refractivity contribution in [3.8, 4) is 0 Å². The Morgan fingerprint density at radius 1 is 0.550 bits per heavy atom. The molecule has 4 N–H and O–H groups in total. The average molecular weight is 286 g/mol. The zero-order chi connectivity index (χ0) is 14.6. The summed E-state index contributed by atoms with van der Waals surface area (Å²) in [6.07, 6.45) is 7.62. The number of aliphatic hydroxyl groups excluding tert-OH is 2. The first-order valence-electron chi connectivity index (χ1n) is 8.26. The molecule has 0 heterocycles. The monoisotopic (exact) mass is 286 g/mol. The number of aliphatic hydroxyl groups is 4. The summed E-state index contributed by atoms with van der Waals surface area (Å²) in [6, 6.07) is 0. The molecule has 4 heteroatoms. The van der Waals surface area contributed by atoms with Crippen LogP contribution in [-0.4, -0.2) is 43.8 Å². The molecule has 20 heavy (non-hydrogen) atoms. The topological polar surface area (TPSA) is 80.9 Å². The van der Waals surface area contributed by atoms with Crippen molar-refractivity contribution in [2.75, 3.05) is 0 Å². The molecular formula is C16H30O4. The Morgan fingerprint density at radius 2 is 0.950 bits per heavy atom. The third kappa shape index (κ3) is 3.73. The highest BCUT2D eigenvalue weighted by atomic mass is 16.4. The third-order valence-corrected chi connectivity index (χ3v) is 5.40. The van der Waals surface area contributed by atoms with E-state index in [1.54, 1.807) is 0 Å². The molecule has 2 aliphatic carbocycles. The van der Waals surface area contributed by atoms with Crippen LogP contribution < -0.4 is 0 Å².